The molecule has 1 aromatic heterocycles. The van der Waals surface area contributed by atoms with Crippen LogP contribution in [0.15, 0.2) is 0 Å². The van der Waals surface area contributed by atoms with Gasteiger partial charge in [-0.15, -0.1) is 0 Å². The zero-order chi connectivity index (χ0) is 35.1. The van der Waals surface area contributed by atoms with E-state index >= 15 is 0 Å². The zero-order valence-electron chi connectivity index (χ0n) is 31.9. The Hall–Kier alpha value is -1.83. The Balaban J connectivity index is 3.86. The van der Waals surface area contributed by atoms with Gasteiger partial charge in [-0.05, 0) is 0 Å². The summed E-state index contributed by atoms with van der Waals surface area (Å²) in [5.74, 6) is -2.07. The Labute approximate surface area is 185 Å². The first-order valence-corrected chi connectivity index (χ1v) is 6.87. The number of methoxy groups -OCH3 is 6. The van der Waals surface area contributed by atoms with Crippen molar-refractivity contribution in [3.8, 4) is 0 Å². The van der Waals surface area contributed by atoms with E-state index in [9.17, 15) is 0 Å². The predicted molar refractivity (Wildman–Crippen MR) is 98.5 cm³/mol. The van der Waals surface area contributed by atoms with Gasteiger partial charge in [-0.1, -0.05) is 0 Å². The fourth-order valence-electron chi connectivity index (χ4n) is 1.69. The molecule has 0 aliphatic heterocycles. The van der Waals surface area contributed by atoms with Gasteiger partial charge in [0.25, 0.3) is 0 Å². The molecule has 0 aromatic carbocycles. The van der Waals surface area contributed by atoms with Gasteiger partial charge in [-0.2, -0.15) is 15.0 Å². The number of rotatable bonds is 15. The quantitative estimate of drug-likeness (QED) is 0.362. The van der Waals surface area contributed by atoms with Crippen molar-refractivity contribution in [3.05, 3.63) is 0 Å². The lowest BCUT2D eigenvalue weighted by Gasteiger charge is -2.27. The fraction of sp³-hybridized carbons (Fsp3) is 0.800. The third-order valence-corrected chi connectivity index (χ3v) is 2.77. The minimum Gasteiger partial charge on any atom is -0.364 e. The van der Waals surface area contributed by atoms with Crippen LogP contribution < -0.4 is 14.7 Å². The molecule has 0 amide bonds. The molecule has 27 heavy (non-hydrogen) atoms. The molecule has 12 heteroatoms. The molecule has 0 spiro atoms. The Morgan fingerprint density at radius 2 is 0.741 bits per heavy atom. The maximum Gasteiger partial charge on any atom is 0.235 e. The molecule has 1 aromatic rings. The van der Waals surface area contributed by atoms with E-state index < -0.39 is 100 Å². The van der Waals surface area contributed by atoms with E-state index in [4.69, 9.17) is 53.1 Å². The largest absolute Gasteiger partial charge is 0.364 e. The summed E-state index contributed by atoms with van der Waals surface area (Å²) in [6.45, 7) is -5.89. The van der Waals surface area contributed by atoms with Gasteiger partial charge in [-0.3, -0.25) is 14.7 Å². The fourth-order valence-corrected chi connectivity index (χ4v) is 1.69. The van der Waals surface area contributed by atoms with Crippen LogP contribution in [0.25, 0.3) is 0 Å². The van der Waals surface area contributed by atoms with Crippen LogP contribution in [0.3, 0.4) is 0 Å². The second-order valence-electron chi connectivity index (χ2n) is 4.50. The summed E-state index contributed by atoms with van der Waals surface area (Å²) in [5, 5.41) is 0. The van der Waals surface area contributed by atoms with E-state index in [-0.39, 0.29) is 0 Å². The second kappa shape index (κ2) is 13.4. The molecule has 0 aliphatic carbocycles. The minimum atomic E-state index is -3.04. The maximum absolute atomic E-state index is 7.30. The van der Waals surface area contributed by atoms with Crippen LogP contribution in [0.2, 0.25) is 0 Å². The third-order valence-electron chi connectivity index (χ3n) is 2.77. The highest BCUT2D eigenvalue weighted by Crippen LogP contribution is 2.19. The van der Waals surface area contributed by atoms with Crippen molar-refractivity contribution in [2.24, 2.45) is 0 Å². The predicted octanol–water partition coefficient (Wildman–Crippen LogP) is -0.0858. The zero-order valence-corrected chi connectivity index (χ0v) is 13.9. The molecule has 0 unspecified atom stereocenters. The molecule has 12 nitrogen and oxygen atoms in total. The minimum absolute atomic E-state index is 0.689. The average Bonchev–Trinajstić information content (AvgIpc) is 2.79. The third kappa shape index (κ3) is 7.36. The van der Waals surface area contributed by atoms with E-state index in [1.165, 1.54) is 0 Å². The van der Waals surface area contributed by atoms with Crippen molar-refractivity contribution < 1.29 is 53.1 Å². The van der Waals surface area contributed by atoms with Crippen molar-refractivity contribution in [1.82, 2.24) is 15.0 Å². The van der Waals surface area contributed by atoms with E-state index in [0.29, 0.717) is 14.7 Å². The van der Waals surface area contributed by atoms with Gasteiger partial charge in [0.1, 0.15) is 40.4 Å². The molecule has 156 valence electrons. The van der Waals surface area contributed by atoms with Gasteiger partial charge in [0, 0.05) is 42.2 Å². The number of ether oxygens (including phenoxy) is 6. The molecular weight excluding hydrogens is 360 g/mol. The Kier molecular flexibility index (Phi) is 3.90. The Morgan fingerprint density at radius 3 is 0.926 bits per heavy atom. The first-order chi connectivity index (χ1) is 20.0. The van der Waals surface area contributed by atoms with Crippen molar-refractivity contribution in [3.63, 3.8) is 0 Å². The van der Waals surface area contributed by atoms with Crippen molar-refractivity contribution in [2.75, 3.05) is 97.3 Å². The van der Waals surface area contributed by atoms with Gasteiger partial charge in [0.15, 0.2) is 0 Å². The molecular formula is C15H30N6O6. The SMILES string of the molecule is [2H]C([2H])([2H])OCN(COC([2H])([2H])[2H])c1nc(N(COC([2H])([2H])[2H])COC([2H])([2H])[2H])nc(N(COC([2H])([2H])[2H])COC([2H])([2H])[2H])n1. The van der Waals surface area contributed by atoms with Crippen LogP contribution in [-0.2, 0) is 28.4 Å². The summed E-state index contributed by atoms with van der Waals surface area (Å²) in [7, 11) is -18.3. The standard InChI is InChI=1S/C15H30N6O6/c1-22-7-19(8-23-2)13-16-14(20(9-24-3)10-25-4)18-15(17-13)21(11-26-5)12-27-6/h7-12H2,1-6H3/i1D3,2D3,3D3,4D3,5D3,6D3. The summed E-state index contributed by atoms with van der Waals surface area (Å²) in [6.07, 6.45) is 0. The molecule has 0 radical (unpaired) electrons. The number of anilines is 3. The second-order valence-corrected chi connectivity index (χ2v) is 4.50. The molecule has 0 saturated carbocycles. The van der Waals surface area contributed by atoms with E-state index in [1.54, 1.807) is 0 Å². The van der Waals surface area contributed by atoms with Gasteiger partial charge in [0.2, 0.25) is 17.8 Å². The van der Waals surface area contributed by atoms with Gasteiger partial charge in [0.05, 0.1) is 24.7 Å². The Bertz CT molecular complexity index is 851. The monoisotopic (exact) mass is 408 g/mol. The topological polar surface area (TPSA) is 104 Å². The maximum atomic E-state index is 7.30. The summed E-state index contributed by atoms with van der Waals surface area (Å²) >= 11 is 0. The highest BCUT2D eigenvalue weighted by Gasteiger charge is 2.20. The smallest absolute Gasteiger partial charge is 0.235 e. The highest BCUT2D eigenvalue weighted by molar-refractivity contribution is 5.45. The van der Waals surface area contributed by atoms with Crippen LogP contribution in [0.4, 0.5) is 17.8 Å². The Morgan fingerprint density at radius 1 is 0.519 bits per heavy atom. The molecule has 1 rings (SSSR count). The van der Waals surface area contributed by atoms with Gasteiger partial charge < -0.3 is 28.4 Å². The lowest BCUT2D eigenvalue weighted by atomic mass is 10.6. The summed E-state index contributed by atoms with van der Waals surface area (Å²) in [4.78, 5) is 14.0. The molecule has 0 fully saturated rings. The van der Waals surface area contributed by atoms with Crippen LogP contribution in [0.1, 0.15) is 24.7 Å². The first kappa shape index (κ1) is 7.89. The van der Waals surface area contributed by atoms with E-state index in [1.807, 2.05) is 0 Å². The van der Waals surface area contributed by atoms with Crippen molar-refractivity contribution in [1.29, 1.82) is 0 Å². The van der Waals surface area contributed by atoms with E-state index in [0.717, 1.165) is 0 Å². The number of aromatic nitrogens is 3. The lowest BCUT2D eigenvalue weighted by Crippen LogP contribution is -2.36. The molecule has 1 heterocycles. The van der Waals surface area contributed by atoms with Gasteiger partial charge in [-0.25, -0.2) is 0 Å². The summed E-state index contributed by atoms with van der Waals surface area (Å²) in [5.41, 5.74) is 0. The van der Waals surface area contributed by atoms with Crippen molar-refractivity contribution in [2.45, 2.75) is 0 Å². The molecule has 0 aliphatic rings. The van der Waals surface area contributed by atoms with Crippen LogP contribution >= 0.6 is 0 Å². The molecule has 0 bridgehead atoms. The first-order valence-electron chi connectivity index (χ1n) is 15.9. The van der Waals surface area contributed by atoms with Crippen LogP contribution in [-0.4, -0.2) is 97.6 Å². The molecule has 0 atom stereocenters. The molecule has 0 N–H and O–H groups in total. The summed E-state index contributed by atoms with van der Waals surface area (Å²) < 4.78 is 160. The normalized spacial score (nSPS) is 23.6. The molecule has 0 saturated heterocycles. The van der Waals surface area contributed by atoms with E-state index in [2.05, 4.69) is 15.0 Å². The lowest BCUT2D eigenvalue weighted by molar-refractivity contribution is 0.134. The van der Waals surface area contributed by atoms with Crippen molar-refractivity contribution >= 4 is 17.8 Å². The summed E-state index contributed by atoms with van der Waals surface area (Å²) in [6, 6.07) is 0. The van der Waals surface area contributed by atoms with Crippen LogP contribution in [0, 0.1) is 0 Å². The highest BCUT2D eigenvalue weighted by atomic mass is 16.5. The average molecular weight is 409 g/mol. The number of nitrogens with zero attached hydrogens (tertiary/aromatic N) is 6. The number of hydrogen-bond acceptors (Lipinski definition) is 12. The number of hydrogen-bond donors (Lipinski definition) is 0. The van der Waals surface area contributed by atoms with Crippen LogP contribution in [0.5, 0.6) is 0 Å². The van der Waals surface area contributed by atoms with Gasteiger partial charge >= 0.3 is 0 Å².